The lowest BCUT2D eigenvalue weighted by Gasteiger charge is -2.29. The Labute approximate surface area is 176 Å². The first-order valence-electron chi connectivity index (χ1n) is 9.51. The van der Waals surface area contributed by atoms with Crippen molar-refractivity contribution in [3.8, 4) is 0 Å². The molecule has 3 rings (SSSR count). The van der Waals surface area contributed by atoms with E-state index in [1.54, 1.807) is 31.8 Å². The van der Waals surface area contributed by atoms with E-state index in [9.17, 15) is 0 Å². The molecule has 0 aromatic heterocycles. The van der Waals surface area contributed by atoms with Gasteiger partial charge in [0.05, 0.1) is 0 Å². The van der Waals surface area contributed by atoms with Crippen molar-refractivity contribution in [3.63, 3.8) is 0 Å². The Bertz CT molecular complexity index is 809. The van der Waals surface area contributed by atoms with Crippen LogP contribution in [0.2, 0.25) is 0 Å². The molecule has 0 aliphatic rings. The topological polar surface area (TPSA) is 0 Å². The third kappa shape index (κ3) is 4.75. The molecule has 0 aliphatic heterocycles. The summed E-state index contributed by atoms with van der Waals surface area (Å²) in [5.41, 5.74) is 0. The van der Waals surface area contributed by atoms with Gasteiger partial charge in [-0.05, 0) is 79.7 Å². The van der Waals surface area contributed by atoms with Crippen LogP contribution in [0.3, 0.4) is 0 Å². The molecule has 0 bridgehead atoms. The summed E-state index contributed by atoms with van der Waals surface area (Å²) in [4.78, 5) is 0. The van der Waals surface area contributed by atoms with Gasteiger partial charge in [0.1, 0.15) is 0 Å². The fraction of sp³-hybridized carbons (Fsp3) is 0.250. The molecule has 0 saturated heterocycles. The van der Waals surface area contributed by atoms with Crippen molar-refractivity contribution in [2.45, 2.75) is 0 Å². The van der Waals surface area contributed by atoms with Gasteiger partial charge in [-0.2, -0.15) is 0 Å². The van der Waals surface area contributed by atoms with Gasteiger partial charge in [0.15, 0.2) is 0 Å². The van der Waals surface area contributed by atoms with E-state index in [1.807, 2.05) is 0 Å². The molecule has 146 valence electrons. The highest BCUT2D eigenvalue weighted by Crippen LogP contribution is 2.39. The first-order valence-corrected chi connectivity index (χ1v) is 17.6. The maximum Gasteiger partial charge on any atom is -0.00740 e. The largest absolute Gasteiger partial charge is 0.0810 e. The SMILES string of the molecule is CP(C)c1ccccc1P(c1ccccc1P(C)C)c1ccccc1P(C)C. The molecule has 0 saturated carbocycles. The van der Waals surface area contributed by atoms with Crippen molar-refractivity contribution < 1.29 is 0 Å². The van der Waals surface area contributed by atoms with E-state index in [2.05, 4.69) is 113 Å². The van der Waals surface area contributed by atoms with E-state index in [1.165, 1.54) is 0 Å². The summed E-state index contributed by atoms with van der Waals surface area (Å²) in [6, 6.07) is 27.6. The van der Waals surface area contributed by atoms with E-state index in [0.717, 1.165) is 0 Å². The average molecular weight is 442 g/mol. The van der Waals surface area contributed by atoms with Crippen LogP contribution in [0.1, 0.15) is 0 Å². The highest BCUT2D eigenvalue weighted by Gasteiger charge is 2.26. The van der Waals surface area contributed by atoms with E-state index in [-0.39, 0.29) is 23.8 Å². The van der Waals surface area contributed by atoms with Crippen molar-refractivity contribution in [2.75, 3.05) is 40.0 Å². The van der Waals surface area contributed by atoms with Gasteiger partial charge in [-0.1, -0.05) is 96.6 Å². The quantitative estimate of drug-likeness (QED) is 0.492. The van der Waals surface area contributed by atoms with E-state index >= 15 is 0 Å². The van der Waals surface area contributed by atoms with Crippen LogP contribution in [0, 0.1) is 0 Å². The van der Waals surface area contributed by atoms with Gasteiger partial charge in [0.25, 0.3) is 0 Å². The summed E-state index contributed by atoms with van der Waals surface area (Å²) in [5, 5.41) is 9.34. The van der Waals surface area contributed by atoms with E-state index < -0.39 is 7.92 Å². The molecule has 3 aromatic carbocycles. The van der Waals surface area contributed by atoms with Crippen LogP contribution >= 0.6 is 31.7 Å². The van der Waals surface area contributed by atoms with Gasteiger partial charge in [0, 0.05) is 0 Å². The smallest absolute Gasteiger partial charge is 0.00740 e. The predicted octanol–water partition coefficient (Wildman–Crippen LogP) is 4.55. The molecule has 0 nitrogen and oxygen atoms in total. The third-order valence-corrected chi connectivity index (χ3v) is 12.0. The first-order chi connectivity index (χ1) is 13.4. The summed E-state index contributed by atoms with van der Waals surface area (Å²) in [6.45, 7) is 14.3. The van der Waals surface area contributed by atoms with Gasteiger partial charge in [-0.15, -0.1) is 0 Å². The molecule has 0 spiro atoms. The summed E-state index contributed by atoms with van der Waals surface area (Å²) >= 11 is 0. The Kier molecular flexibility index (Phi) is 7.82. The minimum atomic E-state index is -0.557. The van der Waals surface area contributed by atoms with Gasteiger partial charge >= 0.3 is 0 Å². The lowest BCUT2D eigenvalue weighted by molar-refractivity contribution is 1.78. The number of hydrogen-bond acceptors (Lipinski definition) is 0. The molecule has 4 heteroatoms. The predicted molar refractivity (Wildman–Crippen MR) is 140 cm³/mol. The maximum absolute atomic E-state index is 2.40. The van der Waals surface area contributed by atoms with Crippen molar-refractivity contribution in [3.05, 3.63) is 72.8 Å². The van der Waals surface area contributed by atoms with Gasteiger partial charge in [0.2, 0.25) is 0 Å². The zero-order valence-corrected chi connectivity index (χ0v) is 21.3. The van der Waals surface area contributed by atoms with Crippen LogP contribution in [0.4, 0.5) is 0 Å². The molecule has 0 heterocycles. The lowest BCUT2D eigenvalue weighted by atomic mass is 10.3. The molecule has 28 heavy (non-hydrogen) atoms. The number of hydrogen-bond donors (Lipinski definition) is 0. The van der Waals surface area contributed by atoms with Crippen LogP contribution in [0.5, 0.6) is 0 Å². The fourth-order valence-corrected chi connectivity index (χ4v) is 11.3. The second kappa shape index (κ2) is 9.92. The summed E-state index contributed by atoms with van der Waals surface area (Å²) in [7, 11) is -1.02. The van der Waals surface area contributed by atoms with E-state index in [0.29, 0.717) is 0 Å². The Morgan fingerprint density at radius 1 is 0.357 bits per heavy atom. The molecule has 0 aliphatic carbocycles. The van der Waals surface area contributed by atoms with Gasteiger partial charge in [-0.3, -0.25) is 0 Å². The zero-order chi connectivity index (χ0) is 20.3. The van der Waals surface area contributed by atoms with Gasteiger partial charge < -0.3 is 0 Å². The molecule has 0 radical (unpaired) electrons. The Balaban J connectivity index is 2.35. The van der Waals surface area contributed by atoms with Crippen LogP contribution < -0.4 is 31.8 Å². The Morgan fingerprint density at radius 3 is 0.786 bits per heavy atom. The highest BCUT2D eigenvalue weighted by molar-refractivity contribution is 7.85. The van der Waals surface area contributed by atoms with Crippen molar-refractivity contribution in [2.24, 2.45) is 0 Å². The van der Waals surface area contributed by atoms with Crippen LogP contribution in [-0.2, 0) is 0 Å². The van der Waals surface area contributed by atoms with Crippen molar-refractivity contribution in [1.29, 1.82) is 0 Å². The normalized spacial score (nSPS) is 11.8. The minimum Gasteiger partial charge on any atom is -0.0810 e. The Morgan fingerprint density at radius 2 is 0.571 bits per heavy atom. The molecule has 0 fully saturated rings. The van der Waals surface area contributed by atoms with Crippen LogP contribution in [0.25, 0.3) is 0 Å². The molecule has 0 atom stereocenters. The average Bonchev–Trinajstić information content (AvgIpc) is 2.69. The second-order valence-corrected chi connectivity index (χ2v) is 16.4. The summed E-state index contributed by atoms with van der Waals surface area (Å²) < 4.78 is 0. The standard InChI is InChI=1S/C24H30P4/c1-25(2)19-13-7-10-16-22(19)28(23-17-11-8-14-20(23)26(3)4)24-18-12-9-15-21(24)27(5)6/h7-18H,1-6H3. The van der Waals surface area contributed by atoms with Crippen LogP contribution in [-0.4, -0.2) is 40.0 Å². The van der Waals surface area contributed by atoms with Crippen molar-refractivity contribution >= 4 is 63.5 Å². The minimum absolute atomic E-state index is 0.153. The second-order valence-electron chi connectivity index (χ2n) is 7.48. The number of rotatable bonds is 6. The maximum atomic E-state index is 2.40. The highest BCUT2D eigenvalue weighted by atomic mass is 31.1. The lowest BCUT2D eigenvalue weighted by Crippen LogP contribution is -2.38. The zero-order valence-electron chi connectivity index (χ0n) is 17.7. The third-order valence-electron chi connectivity index (χ3n) is 4.81. The van der Waals surface area contributed by atoms with Crippen LogP contribution in [0.15, 0.2) is 72.8 Å². The number of benzene rings is 3. The summed E-state index contributed by atoms with van der Waals surface area (Å²) in [6.07, 6.45) is 0. The Hall–Kier alpha value is -0.620. The molecule has 3 aromatic rings. The molecule has 0 amide bonds. The van der Waals surface area contributed by atoms with Crippen molar-refractivity contribution in [1.82, 2.24) is 0 Å². The first kappa shape index (κ1) is 22.1. The molecule has 0 unspecified atom stereocenters. The molecule has 0 N–H and O–H groups in total. The van der Waals surface area contributed by atoms with E-state index in [4.69, 9.17) is 0 Å². The van der Waals surface area contributed by atoms with Gasteiger partial charge in [-0.25, -0.2) is 0 Å². The molecular formula is C24H30P4. The molecular weight excluding hydrogens is 412 g/mol. The monoisotopic (exact) mass is 442 g/mol. The summed E-state index contributed by atoms with van der Waals surface area (Å²) in [5.74, 6) is 0. The fourth-order valence-electron chi connectivity index (χ4n) is 3.48.